The van der Waals surface area contributed by atoms with Crippen LogP contribution in [0.15, 0.2) is 4.52 Å². The SMILES string of the molecule is COc1onc(C(=O)NCCC(C)(C)N(C)C)c1C. The number of carbonyl (C=O) groups excluding carboxylic acids is 1. The number of rotatable bonds is 6. The summed E-state index contributed by atoms with van der Waals surface area (Å²) in [6, 6.07) is 0. The van der Waals surface area contributed by atoms with Gasteiger partial charge in [-0.25, -0.2) is 0 Å². The van der Waals surface area contributed by atoms with Crippen molar-refractivity contribution in [3.8, 4) is 5.95 Å². The van der Waals surface area contributed by atoms with Gasteiger partial charge in [-0.15, -0.1) is 0 Å². The van der Waals surface area contributed by atoms with Gasteiger partial charge in [-0.1, -0.05) is 5.16 Å². The standard InChI is InChI=1S/C13H23N3O3/c1-9-10(15-19-12(9)18-6)11(17)14-8-7-13(2,3)16(4)5/h7-8H2,1-6H3,(H,14,17). The van der Waals surface area contributed by atoms with Gasteiger partial charge in [0.1, 0.15) is 0 Å². The van der Waals surface area contributed by atoms with Gasteiger partial charge < -0.3 is 19.5 Å². The summed E-state index contributed by atoms with van der Waals surface area (Å²) in [4.78, 5) is 14.1. The van der Waals surface area contributed by atoms with Crippen LogP contribution < -0.4 is 10.1 Å². The van der Waals surface area contributed by atoms with Crippen LogP contribution in [0.1, 0.15) is 36.3 Å². The predicted molar refractivity (Wildman–Crippen MR) is 72.5 cm³/mol. The van der Waals surface area contributed by atoms with Gasteiger partial charge in [0, 0.05) is 12.1 Å². The highest BCUT2D eigenvalue weighted by Crippen LogP contribution is 2.20. The Hall–Kier alpha value is -1.56. The Morgan fingerprint density at radius 1 is 1.47 bits per heavy atom. The third-order valence-corrected chi connectivity index (χ3v) is 3.51. The predicted octanol–water partition coefficient (Wildman–Crippen LogP) is 1.45. The number of aromatic nitrogens is 1. The van der Waals surface area contributed by atoms with E-state index in [1.807, 2.05) is 14.1 Å². The quantitative estimate of drug-likeness (QED) is 0.846. The molecular weight excluding hydrogens is 246 g/mol. The highest BCUT2D eigenvalue weighted by Gasteiger charge is 2.22. The molecule has 1 aromatic heterocycles. The van der Waals surface area contributed by atoms with Crippen molar-refractivity contribution in [3.05, 3.63) is 11.3 Å². The van der Waals surface area contributed by atoms with Crippen molar-refractivity contribution in [2.75, 3.05) is 27.7 Å². The molecule has 19 heavy (non-hydrogen) atoms. The number of methoxy groups -OCH3 is 1. The molecule has 0 aliphatic heterocycles. The zero-order valence-electron chi connectivity index (χ0n) is 12.5. The van der Waals surface area contributed by atoms with Crippen molar-refractivity contribution < 1.29 is 14.1 Å². The zero-order valence-corrected chi connectivity index (χ0v) is 12.5. The molecule has 108 valence electrons. The number of hydrogen-bond donors (Lipinski definition) is 1. The highest BCUT2D eigenvalue weighted by molar-refractivity contribution is 5.93. The number of carbonyl (C=O) groups is 1. The first-order valence-corrected chi connectivity index (χ1v) is 6.25. The summed E-state index contributed by atoms with van der Waals surface area (Å²) in [5.41, 5.74) is 0.926. The lowest BCUT2D eigenvalue weighted by atomic mass is 9.99. The molecule has 1 heterocycles. The summed E-state index contributed by atoms with van der Waals surface area (Å²) in [5, 5.41) is 6.56. The van der Waals surface area contributed by atoms with E-state index in [0.717, 1.165) is 6.42 Å². The van der Waals surface area contributed by atoms with Crippen LogP contribution in [0.2, 0.25) is 0 Å². The van der Waals surface area contributed by atoms with E-state index in [4.69, 9.17) is 9.26 Å². The molecule has 0 aliphatic carbocycles. The summed E-state index contributed by atoms with van der Waals surface area (Å²) in [6.07, 6.45) is 0.847. The Morgan fingerprint density at radius 3 is 2.58 bits per heavy atom. The van der Waals surface area contributed by atoms with Crippen molar-refractivity contribution in [2.24, 2.45) is 0 Å². The molecule has 0 fully saturated rings. The van der Waals surface area contributed by atoms with Crippen LogP contribution in [0.3, 0.4) is 0 Å². The van der Waals surface area contributed by atoms with Crippen LogP contribution in [0.5, 0.6) is 5.95 Å². The van der Waals surface area contributed by atoms with E-state index in [1.165, 1.54) is 7.11 Å². The normalized spacial score (nSPS) is 11.7. The van der Waals surface area contributed by atoms with Gasteiger partial charge in [-0.3, -0.25) is 4.79 Å². The van der Waals surface area contributed by atoms with Gasteiger partial charge in [0.15, 0.2) is 5.69 Å². The summed E-state index contributed by atoms with van der Waals surface area (Å²) in [6.45, 7) is 6.58. The lowest BCUT2D eigenvalue weighted by Crippen LogP contribution is -2.41. The van der Waals surface area contributed by atoms with Crippen LogP contribution in [-0.4, -0.2) is 49.3 Å². The van der Waals surface area contributed by atoms with Gasteiger partial charge in [-0.05, 0) is 41.3 Å². The van der Waals surface area contributed by atoms with E-state index in [2.05, 4.69) is 29.2 Å². The number of hydrogen-bond acceptors (Lipinski definition) is 5. The van der Waals surface area contributed by atoms with Crippen LogP contribution in [-0.2, 0) is 0 Å². The van der Waals surface area contributed by atoms with Crippen LogP contribution >= 0.6 is 0 Å². The van der Waals surface area contributed by atoms with E-state index in [-0.39, 0.29) is 23.1 Å². The second-order valence-corrected chi connectivity index (χ2v) is 5.36. The highest BCUT2D eigenvalue weighted by atomic mass is 16.6. The fraction of sp³-hybridized carbons (Fsp3) is 0.692. The van der Waals surface area contributed by atoms with Crippen molar-refractivity contribution >= 4 is 5.91 Å². The summed E-state index contributed by atoms with van der Waals surface area (Å²) in [5.74, 6) is 0.0397. The van der Waals surface area contributed by atoms with Crippen LogP contribution in [0.4, 0.5) is 0 Å². The molecular formula is C13H23N3O3. The number of nitrogens with zero attached hydrogens (tertiary/aromatic N) is 2. The third kappa shape index (κ3) is 3.70. The Morgan fingerprint density at radius 2 is 2.11 bits per heavy atom. The fourth-order valence-corrected chi connectivity index (χ4v) is 1.51. The second kappa shape index (κ2) is 6.06. The van der Waals surface area contributed by atoms with E-state index >= 15 is 0 Å². The Kier molecular flexibility index (Phi) is 4.94. The summed E-state index contributed by atoms with van der Waals surface area (Å²) in [7, 11) is 5.53. The molecule has 0 aliphatic rings. The van der Waals surface area contributed by atoms with Crippen molar-refractivity contribution in [1.29, 1.82) is 0 Å². The first-order valence-electron chi connectivity index (χ1n) is 6.25. The average Bonchev–Trinajstić information content (AvgIpc) is 2.69. The molecule has 6 heteroatoms. The first-order chi connectivity index (χ1) is 8.79. The van der Waals surface area contributed by atoms with Gasteiger partial charge in [0.25, 0.3) is 5.91 Å². The van der Waals surface area contributed by atoms with Crippen molar-refractivity contribution in [2.45, 2.75) is 32.7 Å². The van der Waals surface area contributed by atoms with Gasteiger partial charge in [-0.2, -0.15) is 0 Å². The van der Waals surface area contributed by atoms with E-state index in [9.17, 15) is 4.79 Å². The molecule has 0 saturated carbocycles. The molecule has 6 nitrogen and oxygen atoms in total. The Labute approximate surface area is 114 Å². The zero-order chi connectivity index (χ0) is 14.6. The Bertz CT molecular complexity index is 438. The van der Waals surface area contributed by atoms with Crippen molar-refractivity contribution in [3.63, 3.8) is 0 Å². The maximum absolute atomic E-state index is 11.9. The maximum Gasteiger partial charge on any atom is 0.314 e. The number of nitrogens with one attached hydrogen (secondary N) is 1. The molecule has 0 bridgehead atoms. The third-order valence-electron chi connectivity index (χ3n) is 3.51. The maximum atomic E-state index is 11.9. The molecule has 0 saturated heterocycles. The summed E-state index contributed by atoms with van der Waals surface area (Å²) < 4.78 is 9.86. The first kappa shape index (κ1) is 15.5. The molecule has 1 rings (SSSR count). The number of ether oxygens (including phenoxy) is 1. The minimum absolute atomic E-state index is 0.0316. The fourth-order valence-electron chi connectivity index (χ4n) is 1.51. The molecule has 1 N–H and O–H groups in total. The van der Waals surface area contributed by atoms with E-state index in [1.54, 1.807) is 6.92 Å². The van der Waals surface area contributed by atoms with Gasteiger partial charge >= 0.3 is 5.95 Å². The minimum Gasteiger partial charge on any atom is -0.467 e. The van der Waals surface area contributed by atoms with Crippen molar-refractivity contribution in [1.82, 2.24) is 15.4 Å². The van der Waals surface area contributed by atoms with Gasteiger partial charge in [0.05, 0.1) is 12.7 Å². The smallest absolute Gasteiger partial charge is 0.314 e. The minimum atomic E-state index is -0.237. The molecule has 1 amide bonds. The molecule has 0 unspecified atom stereocenters. The van der Waals surface area contributed by atoms with Gasteiger partial charge in [0.2, 0.25) is 0 Å². The lowest BCUT2D eigenvalue weighted by Gasteiger charge is -2.32. The topological polar surface area (TPSA) is 67.6 Å². The molecule has 0 radical (unpaired) electrons. The van der Waals surface area contributed by atoms with Crippen LogP contribution in [0.25, 0.3) is 0 Å². The van der Waals surface area contributed by atoms with E-state index < -0.39 is 0 Å². The molecule has 0 atom stereocenters. The molecule has 0 aromatic carbocycles. The Balaban J connectivity index is 2.54. The largest absolute Gasteiger partial charge is 0.467 e. The molecule has 0 spiro atoms. The lowest BCUT2D eigenvalue weighted by molar-refractivity contribution is 0.0933. The average molecular weight is 269 g/mol. The monoisotopic (exact) mass is 269 g/mol. The summed E-state index contributed by atoms with van der Waals surface area (Å²) >= 11 is 0. The van der Waals surface area contributed by atoms with E-state index in [0.29, 0.717) is 12.1 Å². The number of amides is 1. The van der Waals surface area contributed by atoms with Crippen LogP contribution in [0, 0.1) is 6.92 Å². The second-order valence-electron chi connectivity index (χ2n) is 5.36. The molecule has 1 aromatic rings.